The summed E-state index contributed by atoms with van der Waals surface area (Å²) in [4.78, 5) is 15.1. The Kier molecular flexibility index (Phi) is 7.29. The molecule has 2 saturated heterocycles. The van der Waals surface area contributed by atoms with Crippen LogP contribution in [0.3, 0.4) is 0 Å². The Balaban J connectivity index is 1.88. The van der Waals surface area contributed by atoms with Crippen LogP contribution in [-0.4, -0.2) is 68.6 Å². The maximum Gasteiger partial charge on any atom is 0.224 e. The first kappa shape index (κ1) is 20.6. The van der Waals surface area contributed by atoms with Gasteiger partial charge in [-0.2, -0.15) is 0 Å². The van der Waals surface area contributed by atoms with Gasteiger partial charge in [-0.15, -0.1) is 0 Å². The molecule has 2 atom stereocenters. The zero-order valence-electron chi connectivity index (χ0n) is 16.2. The lowest BCUT2D eigenvalue weighted by atomic mass is 9.94. The van der Waals surface area contributed by atoms with E-state index in [1.165, 1.54) is 23.4 Å². The largest absolute Gasteiger partial charge is 0.354 e. The number of piperidine rings is 2. The first-order valence-corrected chi connectivity index (χ1v) is 11.5. The molecular weight excluding hydrogens is 338 g/mol. The van der Waals surface area contributed by atoms with E-state index in [1.54, 1.807) is 0 Å². The van der Waals surface area contributed by atoms with Crippen molar-refractivity contribution < 1.29 is 13.2 Å². The van der Waals surface area contributed by atoms with Gasteiger partial charge in [0.1, 0.15) is 0 Å². The smallest absolute Gasteiger partial charge is 0.224 e. The van der Waals surface area contributed by atoms with Crippen LogP contribution in [0.2, 0.25) is 0 Å². The summed E-state index contributed by atoms with van der Waals surface area (Å²) < 4.78 is 24.9. The standard InChI is InChI=1S/C18H35N3O3S/c1-14(2)17(20-10-7-15(3)8-11-20)12-19-18(22)16-6-5-9-21(13-16)25(4,23)24/h14-17H,5-13H2,1-4H3,(H,19,22)/t16-,17-/m0/s1. The van der Waals surface area contributed by atoms with E-state index in [9.17, 15) is 13.2 Å². The van der Waals surface area contributed by atoms with E-state index in [0.29, 0.717) is 31.6 Å². The Morgan fingerprint density at radius 1 is 1.16 bits per heavy atom. The zero-order chi connectivity index (χ0) is 18.6. The third-order valence-corrected chi connectivity index (χ3v) is 7.04. The van der Waals surface area contributed by atoms with Crippen LogP contribution in [0.15, 0.2) is 0 Å². The molecule has 0 aromatic rings. The Morgan fingerprint density at radius 2 is 1.80 bits per heavy atom. The lowest BCUT2D eigenvalue weighted by molar-refractivity contribution is -0.126. The van der Waals surface area contributed by atoms with Gasteiger partial charge < -0.3 is 5.32 Å². The van der Waals surface area contributed by atoms with Crippen molar-refractivity contribution in [3.05, 3.63) is 0 Å². The fourth-order valence-corrected chi connectivity index (χ4v) is 4.87. The van der Waals surface area contributed by atoms with E-state index in [1.807, 2.05) is 0 Å². The minimum absolute atomic E-state index is 0.00405. The zero-order valence-corrected chi connectivity index (χ0v) is 17.0. The quantitative estimate of drug-likeness (QED) is 0.767. The predicted molar refractivity (Wildman–Crippen MR) is 101 cm³/mol. The van der Waals surface area contributed by atoms with E-state index < -0.39 is 10.0 Å². The average molecular weight is 374 g/mol. The van der Waals surface area contributed by atoms with E-state index in [0.717, 1.165) is 31.8 Å². The molecule has 0 aromatic carbocycles. The van der Waals surface area contributed by atoms with Gasteiger partial charge in [-0.05, 0) is 50.6 Å². The SMILES string of the molecule is CC1CCN([C@@H](CNC(=O)[C@H]2CCCN(S(C)(=O)=O)C2)C(C)C)CC1. The summed E-state index contributed by atoms with van der Waals surface area (Å²) >= 11 is 0. The van der Waals surface area contributed by atoms with Crippen molar-refractivity contribution in [2.24, 2.45) is 17.8 Å². The van der Waals surface area contributed by atoms with Crippen molar-refractivity contribution in [2.75, 3.05) is 39.0 Å². The highest BCUT2D eigenvalue weighted by molar-refractivity contribution is 7.88. The lowest BCUT2D eigenvalue weighted by Crippen LogP contribution is -2.51. The molecule has 2 fully saturated rings. The van der Waals surface area contributed by atoms with Crippen molar-refractivity contribution in [3.63, 3.8) is 0 Å². The lowest BCUT2D eigenvalue weighted by Gasteiger charge is -2.39. The maximum absolute atomic E-state index is 12.6. The molecule has 7 heteroatoms. The molecule has 2 aliphatic heterocycles. The molecule has 1 amide bonds. The molecule has 1 N–H and O–H groups in total. The summed E-state index contributed by atoms with van der Waals surface area (Å²) in [6.07, 6.45) is 5.19. The third kappa shape index (κ3) is 5.93. The van der Waals surface area contributed by atoms with Crippen LogP contribution in [-0.2, 0) is 14.8 Å². The van der Waals surface area contributed by atoms with E-state index in [2.05, 4.69) is 31.0 Å². The van der Waals surface area contributed by atoms with Crippen LogP contribution in [0, 0.1) is 17.8 Å². The van der Waals surface area contributed by atoms with Crippen molar-refractivity contribution >= 4 is 15.9 Å². The first-order chi connectivity index (χ1) is 11.7. The average Bonchev–Trinajstić information content (AvgIpc) is 2.55. The van der Waals surface area contributed by atoms with Gasteiger partial charge in [0.25, 0.3) is 0 Å². The number of hydrogen-bond donors (Lipinski definition) is 1. The molecule has 2 aliphatic rings. The second-order valence-electron chi connectivity index (χ2n) is 8.24. The van der Waals surface area contributed by atoms with E-state index in [-0.39, 0.29) is 11.8 Å². The predicted octanol–water partition coefficient (Wildman–Crippen LogP) is 1.53. The van der Waals surface area contributed by atoms with Crippen molar-refractivity contribution in [1.82, 2.24) is 14.5 Å². The van der Waals surface area contributed by atoms with Gasteiger partial charge in [-0.25, -0.2) is 12.7 Å². The summed E-state index contributed by atoms with van der Waals surface area (Å²) in [5, 5.41) is 3.11. The number of amides is 1. The van der Waals surface area contributed by atoms with E-state index >= 15 is 0 Å². The summed E-state index contributed by atoms with van der Waals surface area (Å²) in [5.74, 6) is 1.05. The highest BCUT2D eigenvalue weighted by atomic mass is 32.2. The minimum Gasteiger partial charge on any atom is -0.354 e. The number of nitrogens with one attached hydrogen (secondary N) is 1. The molecule has 0 saturated carbocycles. The second-order valence-corrected chi connectivity index (χ2v) is 10.2. The topological polar surface area (TPSA) is 69.7 Å². The molecule has 0 radical (unpaired) electrons. The molecule has 25 heavy (non-hydrogen) atoms. The molecule has 2 rings (SSSR count). The molecule has 0 spiro atoms. The van der Waals surface area contributed by atoms with Crippen molar-refractivity contribution in [1.29, 1.82) is 0 Å². The molecule has 2 heterocycles. The Bertz CT molecular complexity index is 542. The van der Waals surface area contributed by atoms with Crippen LogP contribution >= 0.6 is 0 Å². The molecular formula is C18H35N3O3S. The normalized spacial score (nSPS) is 25.9. The number of likely N-dealkylation sites (tertiary alicyclic amines) is 1. The maximum atomic E-state index is 12.6. The van der Waals surface area contributed by atoms with Gasteiger partial charge in [-0.1, -0.05) is 20.8 Å². The van der Waals surface area contributed by atoms with Crippen molar-refractivity contribution in [2.45, 2.75) is 52.5 Å². The van der Waals surface area contributed by atoms with Gasteiger partial charge in [0.05, 0.1) is 12.2 Å². The van der Waals surface area contributed by atoms with Crippen LogP contribution in [0.5, 0.6) is 0 Å². The highest BCUT2D eigenvalue weighted by Gasteiger charge is 2.31. The third-order valence-electron chi connectivity index (χ3n) is 5.77. The molecule has 6 nitrogen and oxygen atoms in total. The monoisotopic (exact) mass is 373 g/mol. The number of sulfonamides is 1. The highest BCUT2D eigenvalue weighted by Crippen LogP contribution is 2.22. The Labute approximate surface area is 153 Å². The van der Waals surface area contributed by atoms with Gasteiger partial charge in [-0.3, -0.25) is 9.69 Å². The number of rotatable bonds is 6. The Hall–Kier alpha value is -0.660. The number of nitrogens with zero attached hydrogens (tertiary/aromatic N) is 2. The second kappa shape index (κ2) is 8.82. The number of carbonyl (C=O) groups excluding carboxylic acids is 1. The molecule has 0 unspecified atom stereocenters. The summed E-state index contributed by atoms with van der Waals surface area (Å²) in [6, 6.07) is 0.353. The van der Waals surface area contributed by atoms with Crippen LogP contribution in [0.25, 0.3) is 0 Å². The molecule has 0 aliphatic carbocycles. The summed E-state index contributed by atoms with van der Waals surface area (Å²) in [6.45, 7) is 10.4. The number of carbonyl (C=O) groups is 1. The number of hydrogen-bond acceptors (Lipinski definition) is 4. The van der Waals surface area contributed by atoms with Gasteiger partial charge in [0.15, 0.2) is 0 Å². The van der Waals surface area contributed by atoms with Gasteiger partial charge >= 0.3 is 0 Å². The van der Waals surface area contributed by atoms with Crippen molar-refractivity contribution in [3.8, 4) is 0 Å². The minimum atomic E-state index is -3.21. The van der Waals surface area contributed by atoms with Crippen LogP contribution in [0.1, 0.15) is 46.5 Å². The van der Waals surface area contributed by atoms with Gasteiger partial charge in [0, 0.05) is 25.7 Å². The fourth-order valence-electron chi connectivity index (χ4n) is 3.95. The first-order valence-electron chi connectivity index (χ1n) is 9.65. The molecule has 0 bridgehead atoms. The fraction of sp³-hybridized carbons (Fsp3) is 0.944. The van der Waals surface area contributed by atoms with Crippen LogP contribution in [0.4, 0.5) is 0 Å². The molecule has 0 aromatic heterocycles. The molecule has 146 valence electrons. The summed E-state index contributed by atoms with van der Waals surface area (Å²) in [7, 11) is -3.21. The van der Waals surface area contributed by atoms with E-state index in [4.69, 9.17) is 0 Å². The Morgan fingerprint density at radius 3 is 2.36 bits per heavy atom. The van der Waals surface area contributed by atoms with Gasteiger partial charge in [0.2, 0.25) is 15.9 Å². The summed E-state index contributed by atoms with van der Waals surface area (Å²) in [5.41, 5.74) is 0. The van der Waals surface area contributed by atoms with Crippen LogP contribution < -0.4 is 5.32 Å².